The SMILES string of the molecule is C=CC(=O)OCCCC(C)(C)[Si](CC)(CC)OC. The molecule has 0 amide bonds. The van der Waals surface area contributed by atoms with Crippen molar-refractivity contribution in [3.8, 4) is 0 Å². The van der Waals surface area contributed by atoms with Crippen molar-refractivity contribution in [2.75, 3.05) is 13.7 Å². The molecule has 0 fully saturated rings. The van der Waals surface area contributed by atoms with Crippen LogP contribution < -0.4 is 0 Å². The highest BCUT2D eigenvalue weighted by Crippen LogP contribution is 2.46. The number of rotatable bonds is 9. The van der Waals surface area contributed by atoms with Gasteiger partial charge in [-0.25, -0.2) is 4.79 Å². The first-order valence-electron chi connectivity index (χ1n) is 6.73. The minimum Gasteiger partial charge on any atom is -0.463 e. The second-order valence-corrected chi connectivity index (χ2v) is 10.4. The van der Waals surface area contributed by atoms with Crippen LogP contribution in [0.15, 0.2) is 12.7 Å². The summed E-state index contributed by atoms with van der Waals surface area (Å²) in [5, 5.41) is 0.200. The molecule has 0 spiro atoms. The van der Waals surface area contributed by atoms with Crippen LogP contribution in [0, 0.1) is 0 Å². The first kappa shape index (κ1) is 17.4. The van der Waals surface area contributed by atoms with Crippen LogP contribution in [0.1, 0.15) is 40.5 Å². The lowest BCUT2D eigenvalue weighted by atomic mass is 10.1. The molecule has 4 heteroatoms. The molecule has 0 rings (SSSR count). The third-order valence-corrected chi connectivity index (χ3v) is 9.91. The zero-order valence-corrected chi connectivity index (χ0v) is 13.5. The second kappa shape index (κ2) is 7.74. The highest BCUT2D eigenvalue weighted by Gasteiger charge is 2.45. The smallest absolute Gasteiger partial charge is 0.330 e. The summed E-state index contributed by atoms with van der Waals surface area (Å²) < 4.78 is 10.9. The van der Waals surface area contributed by atoms with E-state index in [1.54, 1.807) is 0 Å². The molecule has 0 aliphatic rings. The molecule has 0 N–H and O–H groups in total. The predicted octanol–water partition coefficient (Wildman–Crippen LogP) is 3.91. The van der Waals surface area contributed by atoms with Gasteiger partial charge in [0.1, 0.15) is 0 Å². The minimum atomic E-state index is -1.69. The van der Waals surface area contributed by atoms with Crippen LogP contribution in [-0.2, 0) is 14.0 Å². The molecular formula is C14H28O3Si. The van der Waals surface area contributed by atoms with E-state index in [1.165, 1.54) is 6.08 Å². The summed E-state index contributed by atoms with van der Waals surface area (Å²) in [7, 11) is 0.155. The van der Waals surface area contributed by atoms with Gasteiger partial charge in [-0.2, -0.15) is 0 Å². The van der Waals surface area contributed by atoms with Crippen LogP contribution in [0.4, 0.5) is 0 Å². The van der Waals surface area contributed by atoms with E-state index in [4.69, 9.17) is 9.16 Å². The standard InChI is InChI=1S/C14H28O3Si/c1-7-13(15)17-12-10-11-14(4,5)18(8-2,9-3)16-6/h7H,1,8-12H2,2-6H3. The number of hydrogen-bond donors (Lipinski definition) is 0. The number of carbonyl (C=O) groups is 1. The van der Waals surface area contributed by atoms with Gasteiger partial charge in [-0.05, 0) is 30.0 Å². The maximum atomic E-state index is 10.9. The monoisotopic (exact) mass is 272 g/mol. The summed E-state index contributed by atoms with van der Waals surface area (Å²) in [6.07, 6.45) is 3.11. The van der Waals surface area contributed by atoms with Crippen LogP contribution in [0.25, 0.3) is 0 Å². The third kappa shape index (κ3) is 4.25. The normalized spacial score (nSPS) is 12.3. The van der Waals surface area contributed by atoms with E-state index >= 15 is 0 Å². The lowest BCUT2D eigenvalue weighted by molar-refractivity contribution is -0.137. The Hall–Kier alpha value is -0.613. The largest absolute Gasteiger partial charge is 0.463 e. The fraction of sp³-hybridized carbons (Fsp3) is 0.786. The number of carbonyl (C=O) groups excluding carboxylic acids is 1. The molecule has 0 atom stereocenters. The van der Waals surface area contributed by atoms with Crippen LogP contribution in [0.5, 0.6) is 0 Å². The summed E-state index contributed by atoms with van der Waals surface area (Å²) in [5.74, 6) is -0.339. The highest BCUT2D eigenvalue weighted by molar-refractivity contribution is 6.76. The molecule has 0 aromatic heterocycles. The van der Waals surface area contributed by atoms with Crippen LogP contribution in [0.2, 0.25) is 17.1 Å². The zero-order chi connectivity index (χ0) is 14.2. The van der Waals surface area contributed by atoms with E-state index in [2.05, 4.69) is 34.3 Å². The average molecular weight is 272 g/mol. The Balaban J connectivity index is 4.36. The van der Waals surface area contributed by atoms with Crippen LogP contribution in [-0.4, -0.2) is 28.0 Å². The van der Waals surface area contributed by atoms with Crippen molar-refractivity contribution < 1.29 is 14.0 Å². The second-order valence-electron chi connectivity index (χ2n) is 5.26. The Morgan fingerprint density at radius 2 is 1.89 bits per heavy atom. The van der Waals surface area contributed by atoms with Gasteiger partial charge >= 0.3 is 5.97 Å². The van der Waals surface area contributed by atoms with Crippen molar-refractivity contribution in [3.05, 3.63) is 12.7 Å². The fourth-order valence-corrected chi connectivity index (χ4v) is 6.92. The molecule has 0 radical (unpaired) electrons. The molecule has 0 aliphatic heterocycles. The maximum Gasteiger partial charge on any atom is 0.330 e. The third-order valence-electron chi connectivity index (χ3n) is 4.12. The van der Waals surface area contributed by atoms with Crippen LogP contribution in [0.3, 0.4) is 0 Å². The minimum absolute atomic E-state index is 0.200. The van der Waals surface area contributed by atoms with Gasteiger partial charge in [-0.3, -0.25) is 0 Å². The van der Waals surface area contributed by atoms with Gasteiger partial charge in [0, 0.05) is 13.2 Å². The fourth-order valence-electron chi connectivity index (χ4n) is 2.75. The van der Waals surface area contributed by atoms with Gasteiger partial charge in [0.25, 0.3) is 0 Å². The van der Waals surface area contributed by atoms with E-state index in [0.717, 1.165) is 24.9 Å². The maximum absolute atomic E-state index is 10.9. The Bertz CT molecular complexity index is 262. The molecule has 3 nitrogen and oxygen atoms in total. The van der Waals surface area contributed by atoms with Crippen molar-refractivity contribution in [1.82, 2.24) is 0 Å². The molecule has 18 heavy (non-hydrogen) atoms. The summed E-state index contributed by atoms with van der Waals surface area (Å²) in [6, 6.07) is 2.25. The molecule has 0 heterocycles. The molecule has 0 unspecified atom stereocenters. The molecule has 106 valence electrons. The zero-order valence-electron chi connectivity index (χ0n) is 12.5. The van der Waals surface area contributed by atoms with Crippen molar-refractivity contribution >= 4 is 14.3 Å². The summed E-state index contributed by atoms with van der Waals surface area (Å²) in [6.45, 7) is 12.9. The van der Waals surface area contributed by atoms with E-state index in [1.807, 2.05) is 7.11 Å². The van der Waals surface area contributed by atoms with Gasteiger partial charge in [0.05, 0.1) is 6.61 Å². The van der Waals surface area contributed by atoms with Gasteiger partial charge in [-0.15, -0.1) is 0 Å². The first-order chi connectivity index (χ1) is 8.39. The van der Waals surface area contributed by atoms with Crippen molar-refractivity contribution in [2.45, 2.75) is 57.7 Å². The van der Waals surface area contributed by atoms with E-state index in [9.17, 15) is 4.79 Å². The summed E-state index contributed by atoms with van der Waals surface area (Å²) in [5.41, 5.74) is 0. The lowest BCUT2D eigenvalue weighted by Gasteiger charge is -2.42. The summed E-state index contributed by atoms with van der Waals surface area (Å²) >= 11 is 0. The number of hydrogen-bond acceptors (Lipinski definition) is 3. The van der Waals surface area contributed by atoms with Gasteiger partial charge < -0.3 is 9.16 Å². The Morgan fingerprint density at radius 3 is 2.28 bits per heavy atom. The van der Waals surface area contributed by atoms with Gasteiger partial charge in [0.2, 0.25) is 0 Å². The lowest BCUT2D eigenvalue weighted by Crippen LogP contribution is -2.46. The Kier molecular flexibility index (Phi) is 7.48. The van der Waals surface area contributed by atoms with Crippen molar-refractivity contribution in [2.24, 2.45) is 0 Å². The molecular weight excluding hydrogens is 244 g/mol. The van der Waals surface area contributed by atoms with Gasteiger partial charge in [0.15, 0.2) is 8.32 Å². The van der Waals surface area contributed by atoms with Gasteiger partial charge in [-0.1, -0.05) is 34.3 Å². The molecule has 0 bridgehead atoms. The molecule has 0 saturated carbocycles. The molecule has 0 aliphatic carbocycles. The topological polar surface area (TPSA) is 35.5 Å². The Labute approximate surface area is 113 Å². The average Bonchev–Trinajstić information content (AvgIpc) is 2.36. The highest BCUT2D eigenvalue weighted by atomic mass is 28.4. The Morgan fingerprint density at radius 1 is 1.33 bits per heavy atom. The predicted molar refractivity (Wildman–Crippen MR) is 78.2 cm³/mol. The summed E-state index contributed by atoms with van der Waals surface area (Å²) in [4.78, 5) is 10.9. The quantitative estimate of drug-likeness (QED) is 0.276. The van der Waals surface area contributed by atoms with Crippen molar-refractivity contribution in [1.29, 1.82) is 0 Å². The van der Waals surface area contributed by atoms with Crippen molar-refractivity contribution in [3.63, 3.8) is 0 Å². The first-order valence-corrected chi connectivity index (χ1v) is 9.05. The van der Waals surface area contributed by atoms with E-state index < -0.39 is 8.32 Å². The van der Waals surface area contributed by atoms with E-state index in [0.29, 0.717) is 6.61 Å². The molecule has 0 saturated heterocycles. The number of esters is 1. The molecule has 0 aromatic rings. The number of ether oxygens (including phenoxy) is 1. The van der Waals surface area contributed by atoms with Crippen LogP contribution >= 0.6 is 0 Å². The van der Waals surface area contributed by atoms with E-state index in [-0.39, 0.29) is 11.0 Å². The molecule has 0 aromatic carbocycles.